The van der Waals surface area contributed by atoms with Gasteiger partial charge < -0.3 is 9.80 Å². The highest BCUT2D eigenvalue weighted by Gasteiger charge is 2.36. The van der Waals surface area contributed by atoms with Gasteiger partial charge in [0.2, 0.25) is 0 Å². The van der Waals surface area contributed by atoms with Crippen molar-refractivity contribution in [2.75, 3.05) is 18.5 Å². The Kier molecular flexibility index (Phi) is 6.05. The van der Waals surface area contributed by atoms with Gasteiger partial charge in [0.1, 0.15) is 5.82 Å². The van der Waals surface area contributed by atoms with Crippen LogP contribution in [0, 0.1) is 6.92 Å². The van der Waals surface area contributed by atoms with Gasteiger partial charge in [0.25, 0.3) is 5.91 Å². The predicted octanol–water partition coefficient (Wildman–Crippen LogP) is 3.51. The molecule has 0 aromatic carbocycles. The van der Waals surface area contributed by atoms with Crippen molar-refractivity contribution in [3.63, 3.8) is 0 Å². The summed E-state index contributed by atoms with van der Waals surface area (Å²) in [7, 11) is 1.79. The number of piperidine rings is 1. The van der Waals surface area contributed by atoms with Crippen LogP contribution in [0.1, 0.15) is 41.4 Å². The Morgan fingerprint density at radius 2 is 1.88 bits per heavy atom. The number of carbonyl (C=O) groups excluding carboxylic acids is 1. The molecule has 0 spiro atoms. The Morgan fingerprint density at radius 3 is 2.52 bits per heavy atom. The van der Waals surface area contributed by atoms with Crippen molar-refractivity contribution in [2.24, 2.45) is 0 Å². The van der Waals surface area contributed by atoms with E-state index in [0.29, 0.717) is 23.7 Å². The Morgan fingerprint density at radius 1 is 1.15 bits per heavy atom. The van der Waals surface area contributed by atoms with Crippen LogP contribution in [0.5, 0.6) is 0 Å². The molecule has 0 N–H and O–H groups in total. The van der Waals surface area contributed by atoms with Crippen molar-refractivity contribution < 1.29 is 18.0 Å². The number of rotatable bonds is 4. The fourth-order valence-electron chi connectivity index (χ4n) is 4.20. The zero-order chi connectivity index (χ0) is 23.8. The molecule has 11 heteroatoms. The Labute approximate surface area is 189 Å². The molecule has 4 rings (SSSR count). The van der Waals surface area contributed by atoms with Gasteiger partial charge in [0.05, 0.1) is 29.6 Å². The maximum absolute atomic E-state index is 13.6. The molecule has 1 aliphatic rings. The molecule has 0 bridgehead atoms. The van der Waals surface area contributed by atoms with Gasteiger partial charge in [-0.25, -0.2) is 9.97 Å². The van der Waals surface area contributed by atoms with Crippen molar-refractivity contribution in [3.8, 4) is 5.82 Å². The molecular formula is C22H24F3N7O. The molecule has 0 radical (unpaired) electrons. The van der Waals surface area contributed by atoms with Crippen molar-refractivity contribution in [1.29, 1.82) is 0 Å². The molecule has 3 aromatic rings. The highest BCUT2D eigenvalue weighted by molar-refractivity contribution is 5.97. The molecule has 8 nitrogen and oxygen atoms in total. The van der Waals surface area contributed by atoms with E-state index >= 15 is 0 Å². The molecule has 1 amide bonds. The normalized spacial score (nSPS) is 18.9. The summed E-state index contributed by atoms with van der Waals surface area (Å²) in [5.41, 5.74) is 0.330. The van der Waals surface area contributed by atoms with Gasteiger partial charge in [-0.05, 0) is 51.0 Å². The van der Waals surface area contributed by atoms with Crippen LogP contribution in [0.25, 0.3) is 5.82 Å². The third-order valence-corrected chi connectivity index (χ3v) is 6.00. The van der Waals surface area contributed by atoms with Crippen LogP contribution >= 0.6 is 0 Å². The number of halogens is 3. The number of nitrogens with zero attached hydrogens (tertiary/aromatic N) is 7. The lowest BCUT2D eigenvalue weighted by molar-refractivity contribution is -0.137. The van der Waals surface area contributed by atoms with E-state index in [1.54, 1.807) is 24.1 Å². The van der Waals surface area contributed by atoms with Crippen LogP contribution in [-0.2, 0) is 6.18 Å². The van der Waals surface area contributed by atoms with Gasteiger partial charge >= 0.3 is 6.18 Å². The Bertz CT molecular complexity index is 1120. The summed E-state index contributed by atoms with van der Waals surface area (Å²) in [6.45, 7) is 4.33. The summed E-state index contributed by atoms with van der Waals surface area (Å²) in [5.74, 6) is 0.588. The molecule has 0 unspecified atom stereocenters. The van der Waals surface area contributed by atoms with Crippen LogP contribution in [0.15, 0.2) is 42.9 Å². The number of amides is 1. The molecule has 2 atom stereocenters. The predicted molar refractivity (Wildman–Crippen MR) is 115 cm³/mol. The van der Waals surface area contributed by atoms with E-state index in [1.165, 1.54) is 23.3 Å². The van der Waals surface area contributed by atoms with Gasteiger partial charge in [-0.3, -0.25) is 4.79 Å². The maximum atomic E-state index is 13.6. The molecule has 0 aliphatic carbocycles. The van der Waals surface area contributed by atoms with E-state index in [9.17, 15) is 18.0 Å². The first-order valence-corrected chi connectivity index (χ1v) is 10.6. The van der Waals surface area contributed by atoms with E-state index in [-0.39, 0.29) is 18.0 Å². The zero-order valence-electron chi connectivity index (χ0n) is 18.5. The minimum atomic E-state index is -4.44. The number of hydrogen-bond acceptors (Lipinski definition) is 6. The van der Waals surface area contributed by atoms with E-state index < -0.39 is 11.7 Å². The minimum Gasteiger partial charge on any atom is -0.355 e. The van der Waals surface area contributed by atoms with E-state index in [4.69, 9.17) is 0 Å². The Hall–Kier alpha value is -3.50. The number of hydrogen-bond donors (Lipinski definition) is 0. The van der Waals surface area contributed by atoms with Crippen LogP contribution in [-0.4, -0.2) is 61.4 Å². The second-order valence-corrected chi connectivity index (χ2v) is 8.10. The quantitative estimate of drug-likeness (QED) is 0.594. The van der Waals surface area contributed by atoms with E-state index in [2.05, 4.69) is 20.2 Å². The zero-order valence-corrected chi connectivity index (χ0v) is 18.5. The lowest BCUT2D eigenvalue weighted by Gasteiger charge is -2.44. The highest BCUT2D eigenvalue weighted by atomic mass is 19.4. The van der Waals surface area contributed by atoms with Crippen LogP contribution < -0.4 is 4.90 Å². The molecular weight excluding hydrogens is 435 g/mol. The molecule has 0 saturated carbocycles. The summed E-state index contributed by atoms with van der Waals surface area (Å²) in [5, 5.41) is 8.24. The van der Waals surface area contributed by atoms with Crippen molar-refractivity contribution in [2.45, 2.75) is 44.9 Å². The standard InChI is InChI=1S/C22H24F3N7O/c1-14-6-8-17(20(29-14)32-27-10-11-28-32)21(33)31-12-4-5-18(15(31)2)30(3)19-9-7-16(13-26-19)22(23,24)25/h6-11,13,15,18H,4-5,12H2,1-3H3/t15-,18+/m0/s1. The smallest absolute Gasteiger partial charge is 0.355 e. The summed E-state index contributed by atoms with van der Waals surface area (Å²) in [6.07, 6.45) is 0.968. The molecule has 1 fully saturated rings. The van der Waals surface area contributed by atoms with Gasteiger partial charge in [-0.1, -0.05) is 0 Å². The number of carbonyl (C=O) groups is 1. The lowest BCUT2D eigenvalue weighted by atomic mass is 9.95. The summed E-state index contributed by atoms with van der Waals surface area (Å²) in [6, 6.07) is 5.56. The van der Waals surface area contributed by atoms with E-state index in [0.717, 1.165) is 30.8 Å². The lowest BCUT2D eigenvalue weighted by Crippen LogP contribution is -2.55. The van der Waals surface area contributed by atoms with Crippen molar-refractivity contribution in [3.05, 3.63) is 59.7 Å². The van der Waals surface area contributed by atoms with Gasteiger partial charge in [0, 0.05) is 31.5 Å². The largest absolute Gasteiger partial charge is 0.417 e. The molecule has 4 heterocycles. The summed E-state index contributed by atoms with van der Waals surface area (Å²) >= 11 is 0. The number of aromatic nitrogens is 5. The minimum absolute atomic E-state index is 0.114. The first kappa shape index (κ1) is 22.7. The highest BCUT2D eigenvalue weighted by Crippen LogP contribution is 2.31. The maximum Gasteiger partial charge on any atom is 0.417 e. The van der Waals surface area contributed by atoms with Crippen LogP contribution in [0.3, 0.4) is 0 Å². The third-order valence-electron chi connectivity index (χ3n) is 6.00. The van der Waals surface area contributed by atoms with Crippen LogP contribution in [0.2, 0.25) is 0 Å². The number of anilines is 1. The SMILES string of the molecule is Cc1ccc(C(=O)N2CCC[C@@H](N(C)c3ccc(C(F)(F)F)cn3)[C@@H]2C)c(-n2nccn2)n1. The average Bonchev–Trinajstić information content (AvgIpc) is 3.33. The van der Waals surface area contributed by atoms with E-state index in [1.807, 2.05) is 18.7 Å². The number of alkyl halides is 3. The number of likely N-dealkylation sites (N-methyl/N-ethyl adjacent to an activating group) is 1. The molecule has 3 aromatic heterocycles. The summed E-state index contributed by atoms with van der Waals surface area (Å²) in [4.78, 5) is 27.0. The molecule has 1 aliphatic heterocycles. The molecule has 33 heavy (non-hydrogen) atoms. The second kappa shape index (κ2) is 8.80. The summed E-state index contributed by atoms with van der Waals surface area (Å²) < 4.78 is 38.7. The average molecular weight is 459 g/mol. The fourth-order valence-corrected chi connectivity index (χ4v) is 4.20. The topological polar surface area (TPSA) is 80.0 Å². The molecule has 174 valence electrons. The first-order chi connectivity index (χ1) is 15.7. The van der Waals surface area contributed by atoms with Crippen molar-refractivity contribution in [1.82, 2.24) is 29.9 Å². The number of likely N-dealkylation sites (tertiary alicyclic amines) is 1. The Balaban J connectivity index is 1.58. The van der Waals surface area contributed by atoms with Gasteiger partial charge in [0.15, 0.2) is 5.82 Å². The second-order valence-electron chi connectivity index (χ2n) is 8.10. The first-order valence-electron chi connectivity index (χ1n) is 10.6. The van der Waals surface area contributed by atoms with Crippen LogP contribution in [0.4, 0.5) is 19.0 Å². The monoisotopic (exact) mass is 459 g/mol. The fraction of sp³-hybridized carbons (Fsp3) is 0.409. The number of aryl methyl sites for hydroxylation is 1. The number of pyridine rings is 2. The third kappa shape index (κ3) is 4.53. The van der Waals surface area contributed by atoms with Gasteiger partial charge in [-0.15, -0.1) is 4.80 Å². The van der Waals surface area contributed by atoms with Gasteiger partial charge in [-0.2, -0.15) is 23.4 Å². The molecule has 1 saturated heterocycles. The van der Waals surface area contributed by atoms with Crippen molar-refractivity contribution >= 4 is 11.7 Å².